The molecule has 1 fully saturated rings. The van der Waals surface area contributed by atoms with E-state index in [2.05, 4.69) is 25.0 Å². The number of nitrogens with one attached hydrogen (secondary N) is 1. The minimum Gasteiger partial charge on any atom is -0.489 e. The van der Waals surface area contributed by atoms with Crippen LogP contribution in [0.3, 0.4) is 0 Å². The Labute approximate surface area is 153 Å². The maximum absolute atomic E-state index is 5.95. The van der Waals surface area contributed by atoms with Crippen LogP contribution in [0.4, 0.5) is 11.6 Å². The summed E-state index contributed by atoms with van der Waals surface area (Å²) in [5.41, 5.74) is 7.03. The quantitative estimate of drug-likeness (QED) is 0.706. The highest BCUT2D eigenvalue weighted by Gasteiger charge is 2.12. The number of nitrogens with two attached hydrogens (primary N) is 1. The van der Waals surface area contributed by atoms with Crippen molar-refractivity contribution in [1.29, 1.82) is 0 Å². The van der Waals surface area contributed by atoms with E-state index in [1.165, 1.54) is 37.9 Å². The van der Waals surface area contributed by atoms with Crippen molar-refractivity contribution in [3.05, 3.63) is 42.0 Å². The normalized spacial score (nSPS) is 15.9. The van der Waals surface area contributed by atoms with E-state index in [-0.39, 0.29) is 0 Å². The Morgan fingerprint density at radius 2 is 2.00 bits per heavy atom. The lowest BCUT2D eigenvalue weighted by Gasteiger charge is -2.27. The first-order chi connectivity index (χ1) is 12.3. The van der Waals surface area contributed by atoms with E-state index >= 15 is 0 Å². The fraction of sp³-hybridized carbons (Fsp3) is 0.444. The zero-order valence-corrected chi connectivity index (χ0v) is 15.2. The first-order valence-corrected chi connectivity index (χ1v) is 9.44. The van der Waals surface area contributed by atoms with Gasteiger partial charge in [-0.3, -0.25) is 4.90 Å². The van der Waals surface area contributed by atoms with Gasteiger partial charge in [0.15, 0.2) is 11.6 Å². The predicted octanol–water partition coefficient (Wildman–Crippen LogP) is 3.02. The number of benzene rings is 1. The van der Waals surface area contributed by atoms with Crippen molar-refractivity contribution in [2.24, 2.45) is 0 Å². The second-order valence-electron chi connectivity index (χ2n) is 6.18. The number of hydrogen-bond donors (Lipinski definition) is 2. The molecule has 1 aliphatic rings. The van der Waals surface area contributed by atoms with Gasteiger partial charge in [-0.15, -0.1) is 0 Å². The Hall–Kier alpha value is -2.12. The molecule has 1 aliphatic heterocycles. The summed E-state index contributed by atoms with van der Waals surface area (Å²) in [6.45, 7) is 4.53. The van der Waals surface area contributed by atoms with Crippen LogP contribution in [-0.2, 0) is 0 Å². The Bertz CT molecular complexity index is 667. The zero-order chi connectivity index (χ0) is 17.3. The molecule has 6 nitrogen and oxygen atoms in total. The number of nitrogen functional groups attached to an aromatic ring is 1. The summed E-state index contributed by atoms with van der Waals surface area (Å²) in [7, 11) is 0. The average Bonchev–Trinajstić information content (AvgIpc) is 3.06. The van der Waals surface area contributed by atoms with Crippen molar-refractivity contribution in [3.63, 3.8) is 0 Å². The lowest BCUT2D eigenvalue weighted by molar-refractivity contribution is 0.235. The van der Waals surface area contributed by atoms with Gasteiger partial charge in [0.2, 0.25) is 0 Å². The van der Waals surface area contributed by atoms with Crippen LogP contribution in [0.15, 0.2) is 42.0 Å². The molecule has 134 valence electrons. The highest BCUT2D eigenvalue weighted by Crippen LogP contribution is 2.15. The third-order valence-corrected chi connectivity index (χ3v) is 4.76. The molecule has 2 heterocycles. The number of likely N-dealkylation sites (tertiary alicyclic amines) is 1. The number of rotatable bonds is 8. The van der Waals surface area contributed by atoms with Crippen LogP contribution >= 0.6 is 11.7 Å². The standard InChI is InChI=1S/C18H25N5OS/c19-17-18(22-25-21-17)20-10-9-15(13-23-11-5-2-6-12-23)14-24-16-7-3-1-4-8-16/h1,3-4,7-9H,2,5-6,10-14H2,(H2,19,21)(H,20,22). The molecular formula is C18H25N5OS. The summed E-state index contributed by atoms with van der Waals surface area (Å²) < 4.78 is 14.1. The number of anilines is 2. The number of ether oxygens (including phenoxy) is 1. The Kier molecular flexibility index (Phi) is 6.64. The molecule has 1 aromatic carbocycles. The van der Waals surface area contributed by atoms with Crippen LogP contribution in [0.2, 0.25) is 0 Å². The summed E-state index contributed by atoms with van der Waals surface area (Å²) in [4.78, 5) is 2.50. The van der Waals surface area contributed by atoms with Crippen molar-refractivity contribution in [2.75, 3.05) is 43.8 Å². The number of nitrogens with zero attached hydrogens (tertiary/aromatic N) is 3. The van der Waals surface area contributed by atoms with E-state index in [0.29, 0.717) is 24.8 Å². The molecule has 3 rings (SSSR count). The van der Waals surface area contributed by atoms with Crippen LogP contribution < -0.4 is 15.8 Å². The molecule has 0 bridgehead atoms. The van der Waals surface area contributed by atoms with Crippen molar-refractivity contribution < 1.29 is 4.74 Å². The molecule has 0 amide bonds. The molecule has 0 unspecified atom stereocenters. The third kappa shape index (κ3) is 5.72. The second kappa shape index (κ2) is 9.39. The van der Waals surface area contributed by atoms with E-state index in [4.69, 9.17) is 10.5 Å². The van der Waals surface area contributed by atoms with Crippen LogP contribution in [0, 0.1) is 0 Å². The topological polar surface area (TPSA) is 76.3 Å². The number of hydrogen-bond acceptors (Lipinski definition) is 7. The third-order valence-electron chi connectivity index (χ3n) is 4.22. The molecule has 3 N–H and O–H groups in total. The van der Waals surface area contributed by atoms with Gasteiger partial charge in [-0.1, -0.05) is 30.7 Å². The van der Waals surface area contributed by atoms with Crippen LogP contribution in [-0.4, -0.2) is 46.4 Å². The lowest BCUT2D eigenvalue weighted by atomic mass is 10.1. The molecule has 0 saturated carbocycles. The predicted molar refractivity (Wildman–Crippen MR) is 103 cm³/mol. The Balaban J connectivity index is 1.58. The summed E-state index contributed by atoms with van der Waals surface area (Å²) in [5.74, 6) is 2.01. The molecule has 0 atom stereocenters. The van der Waals surface area contributed by atoms with Crippen molar-refractivity contribution in [3.8, 4) is 5.75 Å². The van der Waals surface area contributed by atoms with Crippen LogP contribution in [0.1, 0.15) is 19.3 Å². The van der Waals surface area contributed by atoms with E-state index in [1.807, 2.05) is 30.3 Å². The first kappa shape index (κ1) is 17.7. The van der Waals surface area contributed by atoms with Gasteiger partial charge in [0.05, 0.1) is 11.7 Å². The molecule has 2 aromatic rings. The maximum Gasteiger partial charge on any atom is 0.184 e. The molecular weight excluding hydrogens is 334 g/mol. The molecule has 0 spiro atoms. The largest absolute Gasteiger partial charge is 0.489 e. The molecule has 1 aromatic heterocycles. The van der Waals surface area contributed by atoms with Gasteiger partial charge >= 0.3 is 0 Å². The molecule has 1 saturated heterocycles. The van der Waals surface area contributed by atoms with Crippen molar-refractivity contribution in [1.82, 2.24) is 13.6 Å². The smallest absolute Gasteiger partial charge is 0.184 e. The Morgan fingerprint density at radius 1 is 1.20 bits per heavy atom. The van der Waals surface area contributed by atoms with E-state index in [0.717, 1.165) is 24.0 Å². The Morgan fingerprint density at radius 3 is 2.72 bits per heavy atom. The molecule has 0 aliphatic carbocycles. The van der Waals surface area contributed by atoms with Gasteiger partial charge in [0.1, 0.15) is 12.4 Å². The summed E-state index contributed by atoms with van der Waals surface area (Å²) in [6, 6.07) is 9.94. The maximum atomic E-state index is 5.95. The van der Waals surface area contributed by atoms with E-state index < -0.39 is 0 Å². The van der Waals surface area contributed by atoms with Crippen LogP contribution in [0.25, 0.3) is 0 Å². The van der Waals surface area contributed by atoms with Crippen molar-refractivity contribution >= 4 is 23.4 Å². The highest BCUT2D eigenvalue weighted by atomic mass is 32.1. The molecule has 7 heteroatoms. The fourth-order valence-electron chi connectivity index (χ4n) is 2.88. The van der Waals surface area contributed by atoms with Crippen LogP contribution in [0.5, 0.6) is 5.75 Å². The number of para-hydroxylation sites is 1. The van der Waals surface area contributed by atoms with Gasteiger partial charge in [0.25, 0.3) is 0 Å². The summed E-state index contributed by atoms with van der Waals surface area (Å²) in [6.07, 6.45) is 6.09. The van der Waals surface area contributed by atoms with E-state index in [9.17, 15) is 0 Å². The van der Waals surface area contributed by atoms with Gasteiger partial charge in [0, 0.05) is 13.1 Å². The number of aromatic nitrogens is 2. The molecule has 25 heavy (non-hydrogen) atoms. The molecule has 0 radical (unpaired) electrons. The van der Waals surface area contributed by atoms with Crippen molar-refractivity contribution in [2.45, 2.75) is 19.3 Å². The van der Waals surface area contributed by atoms with E-state index in [1.54, 1.807) is 0 Å². The summed E-state index contributed by atoms with van der Waals surface area (Å²) >= 11 is 1.12. The minimum absolute atomic E-state index is 0.455. The van der Waals surface area contributed by atoms with Gasteiger partial charge in [-0.05, 0) is 43.6 Å². The average molecular weight is 359 g/mol. The zero-order valence-electron chi connectivity index (χ0n) is 14.4. The minimum atomic E-state index is 0.455. The second-order valence-corrected chi connectivity index (χ2v) is 6.71. The fourth-order valence-corrected chi connectivity index (χ4v) is 3.33. The first-order valence-electron chi connectivity index (χ1n) is 8.71. The van der Waals surface area contributed by atoms with Gasteiger partial charge < -0.3 is 15.8 Å². The van der Waals surface area contributed by atoms with Gasteiger partial charge in [-0.2, -0.15) is 8.75 Å². The lowest BCUT2D eigenvalue weighted by Crippen LogP contribution is -2.32. The monoisotopic (exact) mass is 359 g/mol. The highest BCUT2D eigenvalue weighted by molar-refractivity contribution is 6.99. The number of piperidine rings is 1. The summed E-state index contributed by atoms with van der Waals surface area (Å²) in [5, 5.41) is 3.22. The van der Waals surface area contributed by atoms with Gasteiger partial charge in [-0.25, -0.2) is 0 Å². The SMILES string of the molecule is Nc1nsnc1NCC=C(COc1ccccc1)CN1CCCCC1.